The Morgan fingerprint density at radius 2 is 0.619 bits per heavy atom. The van der Waals surface area contributed by atoms with E-state index in [-0.39, 0.29) is 57.5 Å². The largest absolute Gasteiger partial charge is 0.384 e. The average molecular weight is 1940 g/mol. The van der Waals surface area contributed by atoms with Crippen LogP contribution in [0.4, 0.5) is 51.8 Å². The molecular weight excluding hydrogens is 1840 g/mol. The highest BCUT2D eigenvalue weighted by Gasteiger charge is 2.28. The molecule has 0 saturated heterocycles. The van der Waals surface area contributed by atoms with E-state index in [9.17, 15) is 28.8 Å². The van der Waals surface area contributed by atoms with E-state index in [1.54, 1.807) is 103 Å². The topological polar surface area (TPSA) is 352 Å². The second kappa shape index (κ2) is 43.4. The summed E-state index contributed by atoms with van der Waals surface area (Å²) in [6.45, 7) is 46.9. The molecule has 147 heavy (non-hydrogen) atoms. The van der Waals surface area contributed by atoms with E-state index in [2.05, 4.69) is 97.4 Å². The SMILES string of the molecule is [C-]#[N+]c1cnc(C)nc1N[C@@H](C)c1cc2cccc(-c3ccc(=O)n(C)c3)c2c(=O)n1-c1ccccc1.[C-]#[N+]c1cnc(C)nc1N[C@@H](C)c1cc2cccc(-c3ccn(C)c(=O)c3)c2c(=O)n1-c1ccccc1.[C-]#[N+]c1cnc(C)nc1N[C@@H](C)c1cc2cccc(-c3ccnc(CC)c3)c2c(=O)n1-c1ccccc1.[C-]#[N+]c1cnc(C)nc1N[C@@H](C)c1cc2cccc(-c3ccnc(N)c3)c2c(=O)n1-c1ccccc1. The molecule has 20 aromatic rings. The lowest BCUT2D eigenvalue weighted by Crippen LogP contribution is -2.26. The van der Waals surface area contributed by atoms with E-state index in [1.807, 2.05) is 270 Å². The predicted molar refractivity (Wildman–Crippen MR) is 580 cm³/mol. The molecule has 0 aliphatic rings. The van der Waals surface area contributed by atoms with Crippen LogP contribution in [0.3, 0.4) is 0 Å². The number of aromatic nitrogens is 16. The second-order valence-corrected chi connectivity index (χ2v) is 34.9. The monoisotopic (exact) mass is 1940 g/mol. The number of nitrogens with zero attached hydrogens (tertiary/aromatic N) is 20. The van der Waals surface area contributed by atoms with Gasteiger partial charge < -0.3 is 36.1 Å². The Labute approximate surface area is 844 Å². The van der Waals surface area contributed by atoms with Crippen LogP contribution in [0.15, 0.2) is 345 Å². The average Bonchev–Trinajstić information content (AvgIpc) is 0.757. The molecule has 4 atom stereocenters. The number of nitrogens with two attached hydrogens (primary N) is 1. The highest BCUT2D eigenvalue weighted by molar-refractivity contribution is 6.00. The summed E-state index contributed by atoms with van der Waals surface area (Å²) < 4.78 is 9.82. The molecule has 0 fully saturated rings. The molecule has 0 aliphatic heterocycles. The van der Waals surface area contributed by atoms with E-state index in [0.717, 1.165) is 95.5 Å². The molecule has 0 bridgehead atoms. The van der Waals surface area contributed by atoms with Gasteiger partial charge in [-0.3, -0.25) is 72.0 Å². The smallest absolute Gasteiger partial charge is 0.263 e. The summed E-state index contributed by atoms with van der Waals surface area (Å²) >= 11 is 0. The minimum absolute atomic E-state index is 0.109. The maximum atomic E-state index is 14.3. The summed E-state index contributed by atoms with van der Waals surface area (Å²) in [5.41, 5.74) is 19.5. The zero-order valence-electron chi connectivity index (χ0n) is 82.0. The molecule has 0 saturated carbocycles. The van der Waals surface area contributed by atoms with Crippen LogP contribution < -0.4 is 60.4 Å². The predicted octanol–water partition coefficient (Wildman–Crippen LogP) is 22.3. The van der Waals surface area contributed by atoms with Gasteiger partial charge in [0.2, 0.25) is 28.3 Å². The highest BCUT2D eigenvalue weighted by atomic mass is 16.2. The first kappa shape index (κ1) is 98.7. The minimum atomic E-state index is -0.375. The quantitative estimate of drug-likeness (QED) is 0.0417. The van der Waals surface area contributed by atoms with Crippen molar-refractivity contribution in [3.63, 3.8) is 0 Å². The number of nitrogens with one attached hydrogen (secondary N) is 4. The molecule has 0 unspecified atom stereocenters. The Balaban J connectivity index is 0.000000134. The molecule has 0 radical (unpaired) electrons. The van der Waals surface area contributed by atoms with Crippen molar-refractivity contribution in [3.8, 4) is 67.3 Å². The van der Waals surface area contributed by atoms with Gasteiger partial charge in [-0.25, -0.2) is 44.3 Å². The van der Waals surface area contributed by atoms with Crippen molar-refractivity contribution in [2.45, 2.75) is 92.9 Å². The van der Waals surface area contributed by atoms with Crippen molar-refractivity contribution in [1.29, 1.82) is 0 Å². The Bertz CT molecular complexity index is 9080. The lowest BCUT2D eigenvalue weighted by molar-refractivity contribution is 0.772. The number of aryl methyl sites for hydroxylation is 7. The highest BCUT2D eigenvalue weighted by Crippen LogP contribution is 2.39. The van der Waals surface area contributed by atoms with Crippen LogP contribution in [-0.4, -0.2) is 77.2 Å². The number of fused-ring (bicyclic) bond motifs is 4. The van der Waals surface area contributed by atoms with Gasteiger partial charge in [-0.05, 0) is 237 Å². The molecule has 0 spiro atoms. The van der Waals surface area contributed by atoms with E-state index >= 15 is 0 Å². The summed E-state index contributed by atoms with van der Waals surface area (Å²) in [7, 11) is 3.38. The van der Waals surface area contributed by atoms with Crippen molar-refractivity contribution < 1.29 is 0 Å². The van der Waals surface area contributed by atoms with Crippen molar-refractivity contribution >= 4 is 94.9 Å². The maximum Gasteiger partial charge on any atom is 0.263 e. The zero-order chi connectivity index (χ0) is 103. The molecule has 31 nitrogen and oxygen atoms in total. The summed E-state index contributed by atoms with van der Waals surface area (Å²) in [4.78, 5) is 138. The summed E-state index contributed by atoms with van der Waals surface area (Å²) in [6.07, 6.45) is 13.7. The van der Waals surface area contributed by atoms with Crippen LogP contribution in [0.1, 0.15) is 111 Å². The van der Waals surface area contributed by atoms with Gasteiger partial charge in [0.25, 0.3) is 27.8 Å². The fourth-order valence-corrected chi connectivity index (χ4v) is 17.8. The molecule has 6 N–H and O–H groups in total. The van der Waals surface area contributed by atoms with Crippen LogP contribution in [0.5, 0.6) is 0 Å². The Hall–Kier alpha value is -19.9. The first-order chi connectivity index (χ1) is 71.2. The number of nitrogen functional groups attached to an aromatic ring is 1. The third kappa shape index (κ3) is 21.0. The van der Waals surface area contributed by atoms with Gasteiger partial charge in [0, 0.05) is 127 Å². The van der Waals surface area contributed by atoms with Gasteiger partial charge in [-0.2, -0.15) is 0 Å². The van der Waals surface area contributed by atoms with Gasteiger partial charge in [-0.1, -0.05) is 153 Å². The van der Waals surface area contributed by atoms with E-state index in [1.165, 1.54) is 40.0 Å². The van der Waals surface area contributed by atoms with E-state index in [0.29, 0.717) is 125 Å². The third-order valence-corrected chi connectivity index (χ3v) is 25.0. The molecule has 8 aromatic carbocycles. The standard InChI is InChI=1S/C30H26N6O.2C29H24N6O2.C28H23N7O/c1-5-23-16-21(14-15-32-23)25-13-9-10-22-17-27(19(2)34-29-26(31-4)18-33-20(3)35-29)36(30(37)28(22)25)24-11-7-6-8-12-24;1-18(32-28-24(30-3)17-31-19(2)33-28)25-15-21-9-8-12-23(20-13-14-34(4)26(36)16-20)27(21)29(37)35(25)22-10-6-5-7-11-22;1-18(32-28-24(30-3)16-31-19(2)33-28)25-15-20-9-8-12-23(21-13-14-26(36)34(4)17-21)27(20)29(37)35(25)22-10-6-5-7-11-22;1-17(33-27-23(30-3)16-32-18(2)34-27)24-14-20-8-7-11-22(19-12-13-31-25(29)15-19)26(20)28(36)35(24)21-9-5-4-6-10-21/h6-19H,5H2,1-3H3,(H,33,34,35);2*5-18H,1-2,4H3,(H,31,32,33);4-17H,1-2H3,(H2,29,31)(H,32,33,34)/t19-;2*18-;17-/m0000/s1. The second-order valence-electron chi connectivity index (χ2n) is 34.9. The van der Waals surface area contributed by atoms with Crippen LogP contribution in [0.25, 0.3) is 130 Å². The molecule has 31 heteroatoms. The number of anilines is 5. The van der Waals surface area contributed by atoms with E-state index in [4.69, 9.17) is 32.0 Å². The zero-order valence-corrected chi connectivity index (χ0v) is 82.0. The first-order valence-corrected chi connectivity index (χ1v) is 47.1. The van der Waals surface area contributed by atoms with Crippen molar-refractivity contribution in [2.24, 2.45) is 14.1 Å². The van der Waals surface area contributed by atoms with Gasteiger partial charge in [0.1, 0.15) is 52.4 Å². The summed E-state index contributed by atoms with van der Waals surface area (Å²) in [6, 6.07) is 81.8. The van der Waals surface area contributed by atoms with E-state index < -0.39 is 0 Å². The molecular formula is C116H97N25O6. The fraction of sp³-hybridized carbons (Fsp3) is 0.138. The van der Waals surface area contributed by atoms with Crippen molar-refractivity contribution in [3.05, 3.63) is 476 Å². The molecule has 0 aliphatic carbocycles. The number of rotatable bonds is 21. The maximum absolute atomic E-state index is 14.3. The Morgan fingerprint density at radius 1 is 0.320 bits per heavy atom. The number of pyridine rings is 8. The van der Waals surface area contributed by atoms with Crippen LogP contribution >= 0.6 is 0 Å². The lowest BCUT2D eigenvalue weighted by Gasteiger charge is -2.22. The molecule has 20 rings (SSSR count). The van der Waals surface area contributed by atoms with Crippen LogP contribution in [0, 0.1) is 54.0 Å². The fourth-order valence-electron chi connectivity index (χ4n) is 17.8. The minimum Gasteiger partial charge on any atom is -0.384 e. The number of para-hydroxylation sites is 4. The van der Waals surface area contributed by atoms with Gasteiger partial charge in [0.05, 0.1) is 72.0 Å². The number of hydrogen-bond acceptors (Lipinski definition) is 21. The molecule has 12 aromatic heterocycles. The number of benzene rings is 8. The molecule has 0 amide bonds. The summed E-state index contributed by atoms with van der Waals surface area (Å²) in [5, 5.41) is 18.8. The Morgan fingerprint density at radius 3 is 0.912 bits per heavy atom. The van der Waals surface area contributed by atoms with Gasteiger partial charge in [0.15, 0.2) is 0 Å². The molecule has 722 valence electrons. The van der Waals surface area contributed by atoms with Crippen LogP contribution in [-0.2, 0) is 20.5 Å². The lowest BCUT2D eigenvalue weighted by atomic mass is 9.97. The number of hydrogen-bond donors (Lipinski definition) is 5. The summed E-state index contributed by atoms with van der Waals surface area (Å²) in [5.74, 6) is 4.29. The third-order valence-electron chi connectivity index (χ3n) is 25.0. The van der Waals surface area contributed by atoms with Crippen LogP contribution in [0.2, 0.25) is 0 Å². The van der Waals surface area contributed by atoms with Crippen molar-refractivity contribution in [1.82, 2.24) is 77.2 Å². The molecule has 12 heterocycles. The Kier molecular flexibility index (Phi) is 29.2. The van der Waals surface area contributed by atoms with Gasteiger partial charge in [-0.15, -0.1) is 0 Å². The first-order valence-electron chi connectivity index (χ1n) is 47.1. The normalized spacial score (nSPS) is 11.7. The van der Waals surface area contributed by atoms with Crippen molar-refractivity contribution in [2.75, 3.05) is 27.0 Å². The van der Waals surface area contributed by atoms with Gasteiger partial charge >= 0.3 is 0 Å².